The van der Waals surface area contributed by atoms with E-state index in [-0.39, 0.29) is 0 Å². The van der Waals surface area contributed by atoms with Crippen molar-refractivity contribution in [3.05, 3.63) is 16.4 Å². The van der Waals surface area contributed by atoms with Gasteiger partial charge < -0.3 is 10.1 Å². The molecular formula is C12H18ClN3O. The highest BCUT2D eigenvalue weighted by Gasteiger charge is 2.16. The molecule has 94 valence electrons. The number of nitrogens with one attached hydrogen (secondary N) is 1. The van der Waals surface area contributed by atoms with E-state index in [1.807, 2.05) is 0 Å². The van der Waals surface area contributed by atoms with Gasteiger partial charge in [-0.25, -0.2) is 9.97 Å². The lowest BCUT2D eigenvalue weighted by Gasteiger charge is -2.16. The number of aryl methyl sites for hydroxylation is 1. The number of methoxy groups -OCH3 is 1. The van der Waals surface area contributed by atoms with Gasteiger partial charge in [-0.1, -0.05) is 11.6 Å². The first-order chi connectivity index (χ1) is 8.31. The van der Waals surface area contributed by atoms with E-state index in [1.54, 1.807) is 7.11 Å². The number of rotatable bonds is 5. The molecule has 0 fully saturated rings. The minimum absolute atomic E-state index is 0.615. The number of halogens is 1. The van der Waals surface area contributed by atoms with Crippen LogP contribution in [0.25, 0.3) is 0 Å². The summed E-state index contributed by atoms with van der Waals surface area (Å²) < 4.78 is 4.99. The lowest BCUT2D eigenvalue weighted by atomic mass is 9.97. The van der Waals surface area contributed by atoms with E-state index in [1.165, 1.54) is 12.8 Å². The van der Waals surface area contributed by atoms with Crippen LogP contribution < -0.4 is 5.32 Å². The first-order valence-electron chi connectivity index (χ1n) is 6.09. The molecule has 1 aliphatic carbocycles. The van der Waals surface area contributed by atoms with Crippen molar-refractivity contribution in [3.63, 3.8) is 0 Å². The van der Waals surface area contributed by atoms with Gasteiger partial charge in [0.25, 0.3) is 0 Å². The van der Waals surface area contributed by atoms with Crippen LogP contribution in [0.15, 0.2) is 0 Å². The fraction of sp³-hybridized carbons (Fsp3) is 0.667. The fourth-order valence-electron chi connectivity index (χ4n) is 2.04. The summed E-state index contributed by atoms with van der Waals surface area (Å²) in [4.78, 5) is 8.81. The molecule has 0 saturated carbocycles. The molecule has 0 unspecified atom stereocenters. The van der Waals surface area contributed by atoms with Crippen LogP contribution in [0, 0.1) is 0 Å². The largest absolute Gasteiger partial charge is 0.385 e. The molecule has 0 spiro atoms. The maximum absolute atomic E-state index is 6.17. The normalized spacial score (nSPS) is 14.5. The third-order valence-corrected chi connectivity index (χ3v) is 3.25. The zero-order chi connectivity index (χ0) is 12.1. The quantitative estimate of drug-likeness (QED) is 0.649. The van der Waals surface area contributed by atoms with Crippen molar-refractivity contribution < 1.29 is 4.74 Å². The Morgan fingerprint density at radius 3 is 2.94 bits per heavy atom. The Morgan fingerprint density at radius 1 is 1.29 bits per heavy atom. The van der Waals surface area contributed by atoms with Crippen LogP contribution in [0.1, 0.15) is 30.5 Å². The van der Waals surface area contributed by atoms with Crippen LogP contribution >= 0.6 is 11.6 Å². The second-order valence-electron chi connectivity index (χ2n) is 4.24. The molecule has 1 heterocycles. The molecule has 2 rings (SSSR count). The number of aromatic nitrogens is 2. The van der Waals surface area contributed by atoms with E-state index in [0.29, 0.717) is 11.1 Å². The Bertz CT molecular complexity index is 384. The van der Waals surface area contributed by atoms with Crippen molar-refractivity contribution in [3.8, 4) is 0 Å². The summed E-state index contributed by atoms with van der Waals surface area (Å²) in [7, 11) is 1.70. The second-order valence-corrected chi connectivity index (χ2v) is 4.60. The van der Waals surface area contributed by atoms with Crippen molar-refractivity contribution in [1.29, 1.82) is 0 Å². The number of fused-ring (bicyclic) bond motifs is 1. The molecule has 0 aliphatic heterocycles. The molecule has 0 amide bonds. The van der Waals surface area contributed by atoms with Gasteiger partial charge in [-0.3, -0.25) is 0 Å². The monoisotopic (exact) mass is 255 g/mol. The van der Waals surface area contributed by atoms with Gasteiger partial charge in [-0.15, -0.1) is 0 Å². The standard InChI is InChI=1S/C12H18ClN3O/c1-17-8-4-7-14-12-15-10-6-3-2-5-9(10)11(13)16-12/h2-8H2,1H3,(H,14,15,16). The van der Waals surface area contributed by atoms with Crippen LogP contribution in [-0.2, 0) is 17.6 Å². The zero-order valence-electron chi connectivity index (χ0n) is 10.1. The maximum Gasteiger partial charge on any atom is 0.224 e. The highest BCUT2D eigenvalue weighted by Crippen LogP contribution is 2.26. The smallest absolute Gasteiger partial charge is 0.224 e. The van der Waals surface area contributed by atoms with Crippen LogP contribution in [0.3, 0.4) is 0 Å². The minimum Gasteiger partial charge on any atom is -0.385 e. The average Bonchev–Trinajstić information content (AvgIpc) is 2.35. The molecule has 1 aliphatic rings. The zero-order valence-corrected chi connectivity index (χ0v) is 10.9. The molecule has 17 heavy (non-hydrogen) atoms. The van der Waals surface area contributed by atoms with Gasteiger partial charge in [-0.2, -0.15) is 0 Å². The molecule has 1 N–H and O–H groups in total. The third-order valence-electron chi connectivity index (χ3n) is 2.94. The molecule has 4 nitrogen and oxygen atoms in total. The first-order valence-corrected chi connectivity index (χ1v) is 6.47. The van der Waals surface area contributed by atoms with Crippen LogP contribution in [0.4, 0.5) is 5.95 Å². The number of ether oxygens (including phenoxy) is 1. The number of hydrogen-bond donors (Lipinski definition) is 1. The molecule has 0 bridgehead atoms. The predicted molar refractivity (Wildman–Crippen MR) is 68.7 cm³/mol. The molecule has 5 heteroatoms. The van der Waals surface area contributed by atoms with Gasteiger partial charge in [0.2, 0.25) is 5.95 Å². The second kappa shape index (κ2) is 6.17. The predicted octanol–water partition coefficient (Wildman–Crippen LogP) is 2.46. The van der Waals surface area contributed by atoms with Crippen LogP contribution in [0.2, 0.25) is 5.15 Å². The van der Waals surface area contributed by atoms with E-state index >= 15 is 0 Å². The summed E-state index contributed by atoms with van der Waals surface area (Å²) in [6, 6.07) is 0. The SMILES string of the molecule is COCCCNc1nc(Cl)c2c(n1)CCCC2. The Labute approximate surface area is 107 Å². The maximum atomic E-state index is 6.17. The van der Waals surface area contributed by atoms with Gasteiger partial charge in [0.1, 0.15) is 5.15 Å². The molecule has 0 atom stereocenters. The number of hydrogen-bond acceptors (Lipinski definition) is 4. The van der Waals surface area contributed by atoms with E-state index in [4.69, 9.17) is 16.3 Å². The topological polar surface area (TPSA) is 47.0 Å². The summed E-state index contributed by atoms with van der Waals surface area (Å²) in [6.07, 6.45) is 5.36. The average molecular weight is 256 g/mol. The van der Waals surface area contributed by atoms with E-state index in [0.717, 1.165) is 43.7 Å². The minimum atomic E-state index is 0.615. The molecule has 0 radical (unpaired) electrons. The highest BCUT2D eigenvalue weighted by molar-refractivity contribution is 6.30. The molecule has 1 aromatic rings. The van der Waals surface area contributed by atoms with Crippen molar-refractivity contribution in [2.24, 2.45) is 0 Å². The Kier molecular flexibility index (Phi) is 4.57. The van der Waals surface area contributed by atoms with E-state index < -0.39 is 0 Å². The summed E-state index contributed by atoms with van der Waals surface area (Å²) in [6.45, 7) is 1.55. The van der Waals surface area contributed by atoms with Crippen molar-refractivity contribution in [1.82, 2.24) is 9.97 Å². The van der Waals surface area contributed by atoms with Crippen molar-refractivity contribution in [2.75, 3.05) is 25.6 Å². The number of nitrogens with zero attached hydrogens (tertiary/aromatic N) is 2. The Balaban J connectivity index is 2.01. The Morgan fingerprint density at radius 2 is 2.12 bits per heavy atom. The lowest BCUT2D eigenvalue weighted by molar-refractivity contribution is 0.197. The summed E-state index contributed by atoms with van der Waals surface area (Å²) >= 11 is 6.17. The van der Waals surface area contributed by atoms with Crippen LogP contribution in [0.5, 0.6) is 0 Å². The molecular weight excluding hydrogens is 238 g/mol. The molecule has 1 aromatic heterocycles. The summed E-state index contributed by atoms with van der Waals surface area (Å²) in [5, 5.41) is 3.80. The number of anilines is 1. The molecule has 0 aromatic carbocycles. The van der Waals surface area contributed by atoms with Crippen molar-refractivity contribution >= 4 is 17.5 Å². The summed E-state index contributed by atoms with van der Waals surface area (Å²) in [5.74, 6) is 0.645. The lowest BCUT2D eigenvalue weighted by Crippen LogP contribution is -2.13. The van der Waals surface area contributed by atoms with Gasteiger partial charge in [0.05, 0.1) is 5.69 Å². The third kappa shape index (κ3) is 3.30. The van der Waals surface area contributed by atoms with Crippen LogP contribution in [-0.4, -0.2) is 30.2 Å². The van der Waals surface area contributed by atoms with Gasteiger partial charge >= 0.3 is 0 Å². The van der Waals surface area contributed by atoms with E-state index in [2.05, 4.69) is 15.3 Å². The van der Waals surface area contributed by atoms with Gasteiger partial charge in [0, 0.05) is 25.8 Å². The van der Waals surface area contributed by atoms with Crippen molar-refractivity contribution in [2.45, 2.75) is 32.1 Å². The highest BCUT2D eigenvalue weighted by atomic mass is 35.5. The fourth-order valence-corrected chi connectivity index (χ4v) is 2.33. The van der Waals surface area contributed by atoms with Gasteiger partial charge in [0.15, 0.2) is 0 Å². The molecule has 0 saturated heterocycles. The first kappa shape index (κ1) is 12.6. The Hall–Kier alpha value is -0.870. The van der Waals surface area contributed by atoms with E-state index in [9.17, 15) is 0 Å². The summed E-state index contributed by atoms with van der Waals surface area (Å²) in [5.41, 5.74) is 2.26. The van der Waals surface area contributed by atoms with Gasteiger partial charge in [-0.05, 0) is 32.1 Å².